The monoisotopic (exact) mass is 496 g/mol. The van der Waals surface area contributed by atoms with Crippen molar-refractivity contribution in [2.45, 2.75) is 6.92 Å². The molecule has 3 aromatic carbocycles. The molecule has 1 aliphatic heterocycles. The molecule has 1 amide bonds. The van der Waals surface area contributed by atoms with Crippen molar-refractivity contribution in [3.05, 3.63) is 82.1 Å². The number of halogens is 2. The lowest BCUT2D eigenvalue weighted by molar-refractivity contribution is 0.0734. The summed E-state index contributed by atoms with van der Waals surface area (Å²) in [6.07, 6.45) is 0. The molecular weight excluding hydrogens is 471 g/mol. The molecule has 9 heteroatoms. The van der Waals surface area contributed by atoms with Crippen LogP contribution < -0.4 is 20.7 Å². The van der Waals surface area contributed by atoms with E-state index in [-0.39, 0.29) is 27.4 Å². The number of likely N-dealkylation sites (N-methyl/N-ethyl adjacent to an activating group) is 1. The highest BCUT2D eigenvalue weighted by atomic mass is 35.5. The van der Waals surface area contributed by atoms with Gasteiger partial charge in [0.2, 0.25) is 0 Å². The zero-order chi connectivity index (χ0) is 25.1. The van der Waals surface area contributed by atoms with Crippen LogP contribution in [0.4, 0.5) is 21.5 Å². The fraction of sp³-hybridized carbons (Fsp3) is 0.231. The number of para-hydroxylation sites is 1. The summed E-state index contributed by atoms with van der Waals surface area (Å²) in [5.41, 5.74) is 7.14. The Morgan fingerprint density at radius 3 is 2.43 bits per heavy atom. The maximum absolute atomic E-state index is 14.1. The number of ether oxygens (including phenoxy) is 1. The second-order valence-electron chi connectivity index (χ2n) is 8.45. The van der Waals surface area contributed by atoms with E-state index in [0.717, 1.165) is 31.9 Å². The molecule has 0 bridgehead atoms. The van der Waals surface area contributed by atoms with Gasteiger partial charge in [0.15, 0.2) is 5.82 Å². The number of carbonyl (C=O) groups is 2. The number of nitrogens with two attached hydrogens (primary N) is 1. The van der Waals surface area contributed by atoms with E-state index in [1.54, 1.807) is 42.5 Å². The molecule has 4 rings (SSSR count). The van der Waals surface area contributed by atoms with Gasteiger partial charge < -0.3 is 25.6 Å². The van der Waals surface area contributed by atoms with E-state index in [0.29, 0.717) is 11.4 Å². The summed E-state index contributed by atoms with van der Waals surface area (Å²) in [5.74, 6) is -1.36. The number of rotatable bonds is 5. The number of nitrogens with one attached hydrogen (secondary N) is 1. The third kappa shape index (κ3) is 5.39. The average Bonchev–Trinajstić information content (AvgIpc) is 2.86. The number of nitrogens with zero attached hydrogens (tertiary/aromatic N) is 2. The van der Waals surface area contributed by atoms with E-state index in [4.69, 9.17) is 22.1 Å². The third-order valence-electron chi connectivity index (χ3n) is 5.97. The van der Waals surface area contributed by atoms with Crippen molar-refractivity contribution in [3.63, 3.8) is 0 Å². The van der Waals surface area contributed by atoms with E-state index in [1.165, 1.54) is 13.0 Å². The van der Waals surface area contributed by atoms with Gasteiger partial charge in [0.05, 0.1) is 33.2 Å². The largest absolute Gasteiger partial charge is 0.423 e. The van der Waals surface area contributed by atoms with Crippen LogP contribution in [0.2, 0.25) is 5.02 Å². The zero-order valence-corrected chi connectivity index (χ0v) is 20.2. The van der Waals surface area contributed by atoms with Crippen molar-refractivity contribution in [2.24, 2.45) is 0 Å². The minimum Gasteiger partial charge on any atom is -0.423 e. The maximum atomic E-state index is 14.1. The topological polar surface area (TPSA) is 87.9 Å². The molecular formula is C26H26ClFN4O3. The molecule has 1 heterocycles. The predicted molar refractivity (Wildman–Crippen MR) is 136 cm³/mol. The highest BCUT2D eigenvalue weighted by molar-refractivity contribution is 6.35. The van der Waals surface area contributed by atoms with E-state index in [1.807, 2.05) is 13.1 Å². The van der Waals surface area contributed by atoms with Crippen LogP contribution in [0.25, 0.3) is 0 Å². The molecule has 3 aromatic rings. The fourth-order valence-corrected chi connectivity index (χ4v) is 4.12. The number of carbonyl (C=O) groups excluding carboxylic acids is 2. The lowest BCUT2D eigenvalue weighted by Gasteiger charge is -2.35. The van der Waals surface area contributed by atoms with Crippen LogP contribution in [-0.4, -0.2) is 50.0 Å². The molecule has 0 unspecified atom stereocenters. The lowest BCUT2D eigenvalue weighted by atomic mass is 10.1. The molecule has 35 heavy (non-hydrogen) atoms. The Morgan fingerprint density at radius 2 is 1.74 bits per heavy atom. The Labute approximate surface area is 208 Å². The molecule has 0 radical (unpaired) electrons. The van der Waals surface area contributed by atoms with Crippen LogP contribution in [0.1, 0.15) is 26.3 Å². The van der Waals surface area contributed by atoms with Gasteiger partial charge in [0.25, 0.3) is 5.91 Å². The summed E-state index contributed by atoms with van der Waals surface area (Å²) < 4.78 is 19.6. The molecule has 0 spiro atoms. The van der Waals surface area contributed by atoms with Crippen molar-refractivity contribution >= 4 is 40.5 Å². The predicted octanol–water partition coefficient (Wildman–Crippen LogP) is 4.59. The Hall–Kier alpha value is -3.62. The fourth-order valence-electron chi connectivity index (χ4n) is 3.89. The van der Waals surface area contributed by atoms with Crippen LogP contribution in [0.5, 0.6) is 5.75 Å². The van der Waals surface area contributed by atoms with Crippen molar-refractivity contribution in [1.82, 2.24) is 4.90 Å². The Morgan fingerprint density at radius 1 is 1.06 bits per heavy atom. The molecule has 1 fully saturated rings. The first kappa shape index (κ1) is 24.5. The average molecular weight is 497 g/mol. The summed E-state index contributed by atoms with van der Waals surface area (Å²) >= 11 is 6.26. The molecule has 0 aromatic heterocycles. The van der Waals surface area contributed by atoms with Gasteiger partial charge in [-0.25, -0.2) is 9.18 Å². The number of anilines is 3. The number of hydrogen-bond donors (Lipinski definition) is 2. The lowest BCUT2D eigenvalue weighted by Crippen LogP contribution is -2.44. The second kappa shape index (κ2) is 10.3. The minimum atomic E-state index is -0.657. The van der Waals surface area contributed by atoms with Gasteiger partial charge in [0, 0.05) is 31.7 Å². The van der Waals surface area contributed by atoms with Gasteiger partial charge in [-0.1, -0.05) is 29.8 Å². The second-order valence-corrected chi connectivity index (χ2v) is 8.82. The van der Waals surface area contributed by atoms with E-state index < -0.39 is 17.7 Å². The molecule has 1 saturated heterocycles. The van der Waals surface area contributed by atoms with Crippen molar-refractivity contribution in [2.75, 3.05) is 49.2 Å². The number of piperazine rings is 1. The number of hydrogen-bond acceptors (Lipinski definition) is 6. The molecule has 0 saturated carbocycles. The number of nitrogen functional groups attached to an aromatic ring is 1. The van der Waals surface area contributed by atoms with Crippen molar-refractivity contribution in [1.29, 1.82) is 0 Å². The van der Waals surface area contributed by atoms with Gasteiger partial charge in [0.1, 0.15) is 5.75 Å². The first-order valence-corrected chi connectivity index (χ1v) is 11.5. The smallest absolute Gasteiger partial charge is 0.343 e. The summed E-state index contributed by atoms with van der Waals surface area (Å²) in [6.45, 7) is 4.66. The highest BCUT2D eigenvalue weighted by Gasteiger charge is 2.23. The van der Waals surface area contributed by atoms with E-state index in [9.17, 15) is 14.0 Å². The molecule has 3 N–H and O–H groups in total. The number of amides is 1. The first-order valence-electron chi connectivity index (χ1n) is 11.1. The molecule has 0 aliphatic carbocycles. The highest BCUT2D eigenvalue weighted by Crippen LogP contribution is 2.32. The summed E-state index contributed by atoms with van der Waals surface area (Å²) in [4.78, 5) is 30.3. The quantitative estimate of drug-likeness (QED) is 0.305. The van der Waals surface area contributed by atoms with Gasteiger partial charge in [-0.15, -0.1) is 0 Å². The molecule has 1 aliphatic rings. The van der Waals surface area contributed by atoms with Gasteiger partial charge in [-0.3, -0.25) is 4.79 Å². The first-order chi connectivity index (χ1) is 16.7. The van der Waals surface area contributed by atoms with Crippen LogP contribution in [0.15, 0.2) is 54.6 Å². The van der Waals surface area contributed by atoms with Gasteiger partial charge in [-0.05, 0) is 50.4 Å². The third-order valence-corrected chi connectivity index (χ3v) is 6.46. The molecule has 7 nitrogen and oxygen atoms in total. The van der Waals surface area contributed by atoms with Gasteiger partial charge >= 0.3 is 5.97 Å². The van der Waals surface area contributed by atoms with E-state index >= 15 is 0 Å². The number of benzene rings is 3. The summed E-state index contributed by atoms with van der Waals surface area (Å²) in [7, 11) is 2.05. The molecule has 182 valence electrons. The normalized spacial score (nSPS) is 14.0. The zero-order valence-electron chi connectivity index (χ0n) is 19.5. The van der Waals surface area contributed by atoms with Crippen molar-refractivity contribution < 1.29 is 18.7 Å². The van der Waals surface area contributed by atoms with Crippen LogP contribution >= 0.6 is 11.6 Å². The van der Waals surface area contributed by atoms with Gasteiger partial charge in [-0.2, -0.15) is 0 Å². The van der Waals surface area contributed by atoms with Crippen LogP contribution in [0.3, 0.4) is 0 Å². The Kier molecular flexibility index (Phi) is 7.23. The molecule has 0 atom stereocenters. The van der Waals surface area contributed by atoms with Crippen molar-refractivity contribution in [3.8, 4) is 5.75 Å². The van der Waals surface area contributed by atoms with E-state index in [2.05, 4.69) is 15.1 Å². The maximum Gasteiger partial charge on any atom is 0.343 e. The Balaban J connectivity index is 1.67. The standard InChI is InChI=1S/C26H26ClFN4O3/c1-16-23(27)19(15-20(29)24(16)28)25(33)30-21-14-17(26(34)35-18-6-4-3-5-7-18)8-9-22(21)32-12-10-31(2)11-13-32/h3-9,14-15H,10-13,29H2,1-2H3,(H,30,33). The summed E-state index contributed by atoms with van der Waals surface area (Å²) in [5, 5.41) is 2.83. The minimum absolute atomic E-state index is 0.0185. The Bertz CT molecular complexity index is 1260. The SMILES string of the molecule is Cc1c(F)c(N)cc(C(=O)Nc2cc(C(=O)Oc3ccccc3)ccc2N2CCN(C)CC2)c1Cl. The number of esters is 1. The van der Waals surface area contributed by atoms with Crippen LogP contribution in [0, 0.1) is 12.7 Å². The van der Waals surface area contributed by atoms with Crippen LogP contribution in [-0.2, 0) is 0 Å². The summed E-state index contributed by atoms with van der Waals surface area (Å²) in [6, 6.07) is 15.0.